The van der Waals surface area contributed by atoms with Crippen molar-refractivity contribution in [2.24, 2.45) is 0 Å². The van der Waals surface area contributed by atoms with Crippen molar-refractivity contribution in [3.63, 3.8) is 0 Å². The number of amides is 2. The van der Waals surface area contributed by atoms with E-state index in [2.05, 4.69) is 74.0 Å². The number of nitrogens with one attached hydrogen (secondary N) is 2. The molecule has 1 fully saturated rings. The molecule has 1 saturated heterocycles. The van der Waals surface area contributed by atoms with Crippen molar-refractivity contribution in [3.05, 3.63) is 81.4 Å². The fraction of sp³-hybridized carbons (Fsp3) is 0.500. The number of benzene rings is 2. The summed E-state index contributed by atoms with van der Waals surface area (Å²) in [7, 11) is 11.9. The van der Waals surface area contributed by atoms with Crippen LogP contribution in [0.4, 0.5) is 0 Å². The molecule has 2 N–H and O–H groups in total. The van der Waals surface area contributed by atoms with Crippen LogP contribution in [0.2, 0.25) is 0 Å². The first-order chi connectivity index (χ1) is 22.4. The predicted molar refractivity (Wildman–Crippen MR) is 186 cm³/mol. The first-order valence-electron chi connectivity index (χ1n) is 16.6. The topological polar surface area (TPSA) is 121 Å². The summed E-state index contributed by atoms with van der Waals surface area (Å²) in [5.74, 6) is 1.58. The second-order valence-electron chi connectivity index (χ2n) is 13.8. The van der Waals surface area contributed by atoms with Gasteiger partial charge in [-0.25, -0.2) is 0 Å². The third kappa shape index (κ3) is 6.61. The van der Waals surface area contributed by atoms with Crippen molar-refractivity contribution in [2.75, 3.05) is 41.3 Å². The Hall–Kier alpha value is -4.30. The van der Waals surface area contributed by atoms with Crippen LogP contribution in [0.15, 0.2) is 36.4 Å². The average Bonchev–Trinajstić information content (AvgIpc) is 3.73. The molecule has 0 spiro atoms. The minimum atomic E-state index is -0.767. The zero-order valence-electron chi connectivity index (χ0n) is 28.9. The van der Waals surface area contributed by atoms with Gasteiger partial charge in [-0.1, -0.05) is 0 Å². The van der Waals surface area contributed by atoms with Crippen LogP contribution in [0.5, 0.6) is 0 Å². The Kier molecular flexibility index (Phi) is 10.0. The molecule has 10 nitrogen and oxygen atoms in total. The van der Waals surface area contributed by atoms with Gasteiger partial charge < -0.3 is 0 Å². The van der Waals surface area contributed by atoms with Crippen LogP contribution in [0.25, 0.3) is 0 Å². The zero-order chi connectivity index (χ0) is 34.0. The van der Waals surface area contributed by atoms with Crippen LogP contribution in [-0.2, 0) is 23.1 Å². The Balaban J connectivity index is 1.66. The van der Waals surface area contributed by atoms with Gasteiger partial charge >= 0.3 is 243 Å². The van der Waals surface area contributed by atoms with Crippen molar-refractivity contribution in [3.8, 4) is 6.07 Å². The number of likely N-dealkylation sites (tertiary alicyclic amines) is 1. The van der Waals surface area contributed by atoms with E-state index in [0.717, 1.165) is 65.2 Å². The monoisotopic (exact) mass is 634 g/mol. The summed E-state index contributed by atoms with van der Waals surface area (Å²) in [4.78, 5) is 35.3. The second kappa shape index (κ2) is 13.8. The molecule has 2 amide bonds. The Morgan fingerprint density at radius 3 is 2.26 bits per heavy atom. The van der Waals surface area contributed by atoms with E-state index in [0.29, 0.717) is 18.5 Å². The number of carbonyl (C=O) groups excluding carboxylic acids is 2. The van der Waals surface area contributed by atoms with Crippen LogP contribution < -0.4 is 5.32 Å². The molecule has 1 aliphatic carbocycles. The molecule has 2 heterocycles. The molecule has 0 bridgehead atoms. The minimum absolute atomic E-state index is 0.0439. The molecule has 11 heteroatoms. The van der Waals surface area contributed by atoms with Gasteiger partial charge in [-0.05, 0) is 12.8 Å². The molecule has 2 aromatic carbocycles. The van der Waals surface area contributed by atoms with Gasteiger partial charge in [0, 0.05) is 6.54 Å². The summed E-state index contributed by atoms with van der Waals surface area (Å²) in [5, 5.41) is 22.5. The molecule has 5 rings (SSSR count). The van der Waals surface area contributed by atoms with E-state index in [1.165, 1.54) is 5.56 Å². The van der Waals surface area contributed by atoms with E-state index >= 15 is 0 Å². The molecule has 1 aromatic heterocycles. The Bertz CT molecular complexity index is 1630. The summed E-state index contributed by atoms with van der Waals surface area (Å²) in [6, 6.07) is 14.4. The summed E-state index contributed by atoms with van der Waals surface area (Å²) >= 11 is 0. The fourth-order valence-electron chi connectivity index (χ4n) is 7.07. The van der Waals surface area contributed by atoms with Gasteiger partial charge in [0.25, 0.3) is 0 Å². The molecule has 0 saturated carbocycles. The van der Waals surface area contributed by atoms with Crippen molar-refractivity contribution in [1.82, 2.24) is 35.2 Å². The number of aryl methyl sites for hydroxylation is 2. The number of hydrogen-bond donors (Lipinski definition) is 2. The fourth-order valence-corrected chi connectivity index (χ4v) is 7.07. The zero-order valence-corrected chi connectivity index (χ0v) is 28.9. The van der Waals surface area contributed by atoms with E-state index < -0.39 is 5.41 Å². The molecule has 0 radical (unpaired) electrons. The van der Waals surface area contributed by atoms with Gasteiger partial charge in [0.15, 0.2) is 0 Å². The quantitative estimate of drug-likeness (QED) is 0.329. The van der Waals surface area contributed by atoms with Crippen LogP contribution in [0, 0.1) is 11.3 Å². The van der Waals surface area contributed by atoms with Gasteiger partial charge in [0.2, 0.25) is 0 Å². The number of nitrogens with zero attached hydrogens (tertiary/aromatic N) is 6. The summed E-state index contributed by atoms with van der Waals surface area (Å²) in [5.41, 5.74) is 6.31. The first-order valence-corrected chi connectivity index (χ1v) is 16.6. The average molecular weight is 635 g/mol. The third-order valence-corrected chi connectivity index (χ3v) is 9.71. The SMILES string of the molecule is B=C(c1ccc2c(c1)CCc1cc(C(=O)N(C)C)ccc1C2(C[C@H](C)NCC(=O)N1CCCC1C#N)c1nnc(C(C)C)[nH]1)N(C)C. The number of H-pyrrole nitrogens is 1. The van der Waals surface area contributed by atoms with Gasteiger partial charge in [-0.15, -0.1) is 0 Å². The standard InChI is InChI=1S/C36H47BN8O2/c1-22(2)33-40-35(42-41-33)36(19-23(3)39-21-31(46)45-16-8-9-28(45)20-38)29-14-12-26(32(37)43(4)5)17-24(29)10-11-25-18-27(13-15-30(25)36)34(47)44(6)7/h12-15,17-18,22-23,28,37,39H,8-11,16,19,21H2,1-7H3,(H,40,41,42)/t23-,28?,36?/m0/s1. The maximum absolute atomic E-state index is 13.2. The van der Waals surface area contributed by atoms with Crippen LogP contribution in [0.3, 0.4) is 0 Å². The van der Waals surface area contributed by atoms with Gasteiger partial charge in [0.1, 0.15) is 6.04 Å². The van der Waals surface area contributed by atoms with E-state index in [1.54, 1.807) is 23.9 Å². The predicted octanol–water partition coefficient (Wildman–Crippen LogP) is 2.89. The van der Waals surface area contributed by atoms with Crippen LogP contribution in [-0.4, -0.2) is 108 Å². The molecule has 246 valence electrons. The molecule has 3 atom stereocenters. The van der Waals surface area contributed by atoms with E-state index in [9.17, 15) is 14.9 Å². The van der Waals surface area contributed by atoms with E-state index in [1.807, 2.05) is 31.1 Å². The van der Waals surface area contributed by atoms with Gasteiger partial charge in [-0.3, -0.25) is 0 Å². The van der Waals surface area contributed by atoms with Gasteiger partial charge in [0.05, 0.1) is 6.07 Å². The van der Waals surface area contributed by atoms with Crippen molar-refractivity contribution >= 4 is 24.9 Å². The Morgan fingerprint density at radius 1 is 1.04 bits per heavy atom. The number of rotatable bonds is 10. The Labute approximate surface area is 279 Å². The van der Waals surface area contributed by atoms with Crippen molar-refractivity contribution in [1.29, 1.82) is 5.26 Å². The normalized spacial score (nSPS) is 19.4. The molecule has 1 aliphatic heterocycles. The molecule has 2 unspecified atom stereocenters. The molecule has 2 aliphatic rings. The first kappa shape index (κ1) is 34.1. The summed E-state index contributed by atoms with van der Waals surface area (Å²) in [6.45, 7) is 7.03. The van der Waals surface area contributed by atoms with Gasteiger partial charge in [-0.2, -0.15) is 5.26 Å². The molecular weight excluding hydrogens is 587 g/mol. The number of aromatic nitrogens is 3. The maximum atomic E-state index is 13.2. The molecule has 47 heavy (non-hydrogen) atoms. The number of carbonyl (C=O) groups is 2. The Morgan fingerprint density at radius 2 is 1.68 bits per heavy atom. The summed E-state index contributed by atoms with van der Waals surface area (Å²) < 4.78 is 0. The third-order valence-electron chi connectivity index (χ3n) is 9.71. The molecule has 3 aromatic rings. The number of aromatic amines is 1. The van der Waals surface area contributed by atoms with Crippen molar-refractivity contribution < 1.29 is 9.59 Å². The van der Waals surface area contributed by atoms with E-state index in [-0.39, 0.29) is 36.4 Å². The van der Waals surface area contributed by atoms with Crippen molar-refractivity contribution in [2.45, 2.75) is 76.3 Å². The molecular formula is C36H47BN8O2. The summed E-state index contributed by atoms with van der Waals surface area (Å²) in [6.07, 6.45) is 3.66. The number of hydrogen-bond acceptors (Lipinski definition) is 7. The van der Waals surface area contributed by atoms with Crippen LogP contribution in [0.1, 0.15) is 95.8 Å². The number of fused-ring (bicyclic) bond motifs is 2. The second-order valence-corrected chi connectivity index (χ2v) is 13.8. The number of nitriles is 1. The van der Waals surface area contributed by atoms with Crippen LogP contribution >= 0.6 is 0 Å². The van der Waals surface area contributed by atoms with E-state index in [4.69, 9.17) is 5.10 Å².